The number of aliphatic hydroxyl groups is 2. The van der Waals surface area contributed by atoms with Crippen molar-refractivity contribution in [2.24, 2.45) is 34.5 Å². The zero-order valence-corrected chi connectivity index (χ0v) is 21.4. The van der Waals surface area contributed by atoms with Crippen LogP contribution in [0.3, 0.4) is 0 Å². The predicted octanol–water partition coefficient (Wildman–Crippen LogP) is 4.68. The van der Waals surface area contributed by atoms with Gasteiger partial charge in [-0.05, 0) is 131 Å². The Balaban J connectivity index is 1.24. The van der Waals surface area contributed by atoms with E-state index in [1.165, 1.54) is 103 Å². The van der Waals surface area contributed by atoms with Crippen LogP contribution in [0.4, 0.5) is 0 Å². The van der Waals surface area contributed by atoms with Crippen molar-refractivity contribution >= 4 is 0 Å². The van der Waals surface area contributed by atoms with E-state index in [1.807, 2.05) is 0 Å². The van der Waals surface area contributed by atoms with Gasteiger partial charge in [-0.3, -0.25) is 9.80 Å². The maximum Gasteiger partial charge on any atom is 0.0751 e. The van der Waals surface area contributed by atoms with Gasteiger partial charge in [0.25, 0.3) is 0 Å². The molecule has 2 N–H and O–H groups in total. The average molecular weight is 459 g/mol. The highest BCUT2D eigenvalue weighted by Gasteiger charge is 2.63. The summed E-state index contributed by atoms with van der Waals surface area (Å²) >= 11 is 0. The normalized spacial score (nSPS) is 53.8. The Bertz CT molecular complexity index is 704. The minimum atomic E-state index is -0.138. The molecule has 0 spiro atoms. The Morgan fingerprint density at radius 3 is 1.97 bits per heavy atom. The molecule has 0 amide bonds. The summed E-state index contributed by atoms with van der Waals surface area (Å²) in [6, 6.07) is 0.785. The lowest BCUT2D eigenvalue weighted by atomic mass is 9.44. The Kier molecular flexibility index (Phi) is 6.16. The number of rotatable bonds is 2. The van der Waals surface area contributed by atoms with Crippen molar-refractivity contribution in [1.82, 2.24) is 9.80 Å². The van der Waals surface area contributed by atoms with Crippen molar-refractivity contribution in [2.75, 3.05) is 26.2 Å². The first-order chi connectivity index (χ1) is 15.9. The van der Waals surface area contributed by atoms with Crippen LogP contribution in [0.2, 0.25) is 0 Å². The van der Waals surface area contributed by atoms with Gasteiger partial charge in [0.1, 0.15) is 0 Å². The maximum atomic E-state index is 11.6. The molecule has 4 saturated carbocycles. The standard InChI is InChI=1S/C29H50N2O2/c1-28-12-11-22-21(23(28)18-24(27(28)33)30-13-5-3-6-14-30)10-9-20-17-26(32)25(19-29(20,22)2)31-15-7-4-8-16-31/h20-27,32-33H,3-19H2,1-2H3/t20-,21?,22?,23-,24-,25-,26-,27-,28-,29-/m0/s1. The van der Waals surface area contributed by atoms with Crippen molar-refractivity contribution in [1.29, 1.82) is 0 Å². The Hall–Kier alpha value is -0.160. The predicted molar refractivity (Wildman–Crippen MR) is 133 cm³/mol. The molecule has 188 valence electrons. The van der Waals surface area contributed by atoms with Crippen LogP contribution in [-0.4, -0.2) is 70.5 Å². The molecule has 0 aromatic heterocycles. The van der Waals surface area contributed by atoms with Gasteiger partial charge < -0.3 is 10.2 Å². The van der Waals surface area contributed by atoms with Crippen molar-refractivity contribution in [2.45, 2.75) is 122 Å². The smallest absolute Gasteiger partial charge is 0.0751 e. The van der Waals surface area contributed by atoms with Crippen molar-refractivity contribution in [3.63, 3.8) is 0 Å². The molecule has 0 radical (unpaired) electrons. The van der Waals surface area contributed by atoms with Gasteiger partial charge in [0.05, 0.1) is 12.2 Å². The van der Waals surface area contributed by atoms with Crippen LogP contribution in [-0.2, 0) is 0 Å². The fraction of sp³-hybridized carbons (Fsp3) is 1.00. The van der Waals surface area contributed by atoms with Gasteiger partial charge in [0, 0.05) is 12.1 Å². The third kappa shape index (κ3) is 3.67. The van der Waals surface area contributed by atoms with Crippen molar-refractivity contribution in [3.8, 4) is 0 Å². The lowest BCUT2D eigenvalue weighted by molar-refractivity contribution is -0.154. The molecular formula is C29H50N2O2. The summed E-state index contributed by atoms with van der Waals surface area (Å²) in [5, 5.41) is 22.8. The summed E-state index contributed by atoms with van der Waals surface area (Å²) in [5.74, 6) is 2.97. The van der Waals surface area contributed by atoms with Gasteiger partial charge >= 0.3 is 0 Å². The summed E-state index contributed by atoms with van der Waals surface area (Å²) in [5.41, 5.74) is 0.493. The van der Waals surface area contributed by atoms with Crippen molar-refractivity contribution in [3.05, 3.63) is 0 Å². The van der Waals surface area contributed by atoms with Gasteiger partial charge in [-0.1, -0.05) is 26.7 Å². The fourth-order valence-electron chi connectivity index (χ4n) is 10.5. The molecule has 2 unspecified atom stereocenters. The lowest BCUT2D eigenvalue weighted by Gasteiger charge is -2.62. The molecule has 2 heterocycles. The number of fused-ring (bicyclic) bond motifs is 5. The number of hydrogen-bond acceptors (Lipinski definition) is 4. The molecule has 6 aliphatic rings. The third-order valence-electron chi connectivity index (χ3n) is 12.4. The number of nitrogens with zero attached hydrogens (tertiary/aromatic N) is 2. The molecule has 2 aliphatic heterocycles. The molecule has 2 saturated heterocycles. The van der Waals surface area contributed by atoms with E-state index in [4.69, 9.17) is 0 Å². The summed E-state index contributed by atoms with van der Waals surface area (Å²) < 4.78 is 0. The van der Waals surface area contributed by atoms with Gasteiger partial charge in [0.15, 0.2) is 0 Å². The monoisotopic (exact) mass is 458 g/mol. The highest BCUT2D eigenvalue weighted by Crippen LogP contribution is 2.66. The van der Waals surface area contributed by atoms with Crippen LogP contribution in [0.25, 0.3) is 0 Å². The van der Waals surface area contributed by atoms with Gasteiger partial charge in [0.2, 0.25) is 0 Å². The van der Waals surface area contributed by atoms with E-state index in [0.29, 0.717) is 29.3 Å². The second kappa shape index (κ2) is 8.75. The van der Waals surface area contributed by atoms with Crippen LogP contribution < -0.4 is 0 Å². The molecule has 10 atom stereocenters. The molecule has 0 aromatic carbocycles. The highest BCUT2D eigenvalue weighted by atomic mass is 16.3. The van der Waals surface area contributed by atoms with Crippen LogP contribution in [0.5, 0.6) is 0 Å². The molecule has 0 aromatic rings. The average Bonchev–Trinajstić information content (AvgIpc) is 3.11. The van der Waals surface area contributed by atoms with Crippen molar-refractivity contribution < 1.29 is 10.2 Å². The molecule has 4 nitrogen and oxygen atoms in total. The second-order valence-electron chi connectivity index (χ2n) is 13.7. The Morgan fingerprint density at radius 1 is 0.667 bits per heavy atom. The molecular weight excluding hydrogens is 408 g/mol. The third-order valence-corrected chi connectivity index (χ3v) is 12.4. The first-order valence-corrected chi connectivity index (χ1v) is 14.8. The number of likely N-dealkylation sites (tertiary alicyclic amines) is 2. The van der Waals surface area contributed by atoms with E-state index >= 15 is 0 Å². The first-order valence-electron chi connectivity index (χ1n) is 14.8. The van der Waals surface area contributed by atoms with Gasteiger partial charge in [-0.15, -0.1) is 0 Å². The van der Waals surface area contributed by atoms with E-state index in [-0.39, 0.29) is 17.6 Å². The second-order valence-corrected chi connectivity index (χ2v) is 13.7. The zero-order valence-electron chi connectivity index (χ0n) is 21.4. The molecule has 4 heteroatoms. The fourth-order valence-corrected chi connectivity index (χ4v) is 10.5. The molecule has 6 rings (SSSR count). The molecule has 6 fully saturated rings. The SMILES string of the molecule is C[C@]12CCC3C(CC[C@H]4C[C@H](O)[C@@H](N5CCCCC5)C[C@]34C)[C@@H]1C[C@H](N1CCCCC1)[C@@H]2O. The van der Waals surface area contributed by atoms with E-state index in [1.54, 1.807) is 0 Å². The van der Waals surface area contributed by atoms with E-state index in [2.05, 4.69) is 23.6 Å². The zero-order chi connectivity index (χ0) is 22.8. The highest BCUT2D eigenvalue weighted by molar-refractivity contribution is 5.14. The van der Waals surface area contributed by atoms with Gasteiger partial charge in [-0.25, -0.2) is 0 Å². The lowest BCUT2D eigenvalue weighted by Crippen LogP contribution is -2.60. The van der Waals surface area contributed by atoms with Crippen LogP contribution >= 0.6 is 0 Å². The first kappa shape index (κ1) is 23.3. The number of hydrogen-bond donors (Lipinski definition) is 2. The number of aliphatic hydroxyl groups excluding tert-OH is 2. The molecule has 33 heavy (non-hydrogen) atoms. The Morgan fingerprint density at radius 2 is 1.30 bits per heavy atom. The van der Waals surface area contributed by atoms with Gasteiger partial charge in [-0.2, -0.15) is 0 Å². The molecule has 0 bridgehead atoms. The minimum Gasteiger partial charge on any atom is -0.391 e. The maximum absolute atomic E-state index is 11.6. The summed E-state index contributed by atoms with van der Waals surface area (Å²) in [6.45, 7) is 9.88. The quantitative estimate of drug-likeness (QED) is 0.631. The van der Waals surface area contributed by atoms with Crippen LogP contribution in [0, 0.1) is 34.5 Å². The number of piperidine rings is 2. The summed E-state index contributed by atoms with van der Waals surface area (Å²) in [4.78, 5) is 5.33. The molecule has 4 aliphatic carbocycles. The minimum absolute atomic E-state index is 0.118. The largest absolute Gasteiger partial charge is 0.391 e. The summed E-state index contributed by atoms with van der Waals surface area (Å²) in [7, 11) is 0. The van der Waals surface area contributed by atoms with E-state index in [0.717, 1.165) is 18.3 Å². The van der Waals surface area contributed by atoms with E-state index in [9.17, 15) is 10.2 Å². The summed E-state index contributed by atoms with van der Waals surface area (Å²) in [6.07, 6.45) is 16.4. The van der Waals surface area contributed by atoms with Crippen LogP contribution in [0.15, 0.2) is 0 Å². The van der Waals surface area contributed by atoms with Crippen LogP contribution in [0.1, 0.15) is 97.3 Å². The topological polar surface area (TPSA) is 46.9 Å². The Labute approximate surface area is 202 Å². The van der Waals surface area contributed by atoms with E-state index < -0.39 is 0 Å².